The van der Waals surface area contributed by atoms with Crippen LogP contribution in [0, 0.1) is 19.8 Å². The molecule has 94 valence electrons. The van der Waals surface area contributed by atoms with Crippen LogP contribution in [-0.4, -0.2) is 24.5 Å². The van der Waals surface area contributed by atoms with Crippen molar-refractivity contribution in [3.05, 3.63) is 34.9 Å². The number of aryl methyl sites for hydroxylation is 2. The van der Waals surface area contributed by atoms with Gasteiger partial charge in [0, 0.05) is 13.1 Å². The van der Waals surface area contributed by atoms with Gasteiger partial charge in [-0.05, 0) is 56.8 Å². The van der Waals surface area contributed by atoms with Gasteiger partial charge in [-0.3, -0.25) is 4.90 Å². The molecule has 0 saturated carbocycles. The molecule has 1 fully saturated rings. The number of hydrogen-bond donors (Lipinski definition) is 1. The maximum atomic E-state index is 5.78. The minimum absolute atomic E-state index is 0.703. The van der Waals surface area contributed by atoms with E-state index < -0.39 is 0 Å². The summed E-state index contributed by atoms with van der Waals surface area (Å²) in [5.74, 6) is 0.703. The summed E-state index contributed by atoms with van der Waals surface area (Å²) in [6.07, 6.45) is 2.60. The maximum absolute atomic E-state index is 5.78. The molecule has 0 amide bonds. The Balaban J connectivity index is 2.00. The second kappa shape index (κ2) is 5.65. The molecule has 1 heterocycles. The molecule has 0 unspecified atom stereocenters. The largest absolute Gasteiger partial charge is 0.330 e. The molecule has 1 aromatic carbocycles. The number of piperidine rings is 1. The van der Waals surface area contributed by atoms with Crippen molar-refractivity contribution < 1.29 is 0 Å². The van der Waals surface area contributed by atoms with Crippen LogP contribution in [0.5, 0.6) is 0 Å². The van der Waals surface area contributed by atoms with Crippen LogP contribution in [0.15, 0.2) is 18.2 Å². The number of likely N-dealkylation sites (tertiary alicyclic amines) is 1. The van der Waals surface area contributed by atoms with Crippen LogP contribution in [0.3, 0.4) is 0 Å². The van der Waals surface area contributed by atoms with Gasteiger partial charge in [-0.1, -0.05) is 23.8 Å². The Labute approximate surface area is 105 Å². The van der Waals surface area contributed by atoms with Crippen molar-refractivity contribution in [2.24, 2.45) is 11.7 Å². The molecule has 0 bridgehead atoms. The molecule has 17 heavy (non-hydrogen) atoms. The van der Waals surface area contributed by atoms with Gasteiger partial charge in [0.05, 0.1) is 0 Å². The minimum atomic E-state index is 0.703. The van der Waals surface area contributed by atoms with Gasteiger partial charge in [0.25, 0.3) is 0 Å². The van der Waals surface area contributed by atoms with Crippen LogP contribution in [-0.2, 0) is 6.54 Å². The molecule has 0 spiro atoms. The molecule has 1 aliphatic rings. The van der Waals surface area contributed by atoms with Crippen LogP contribution in [0.2, 0.25) is 0 Å². The SMILES string of the molecule is Cc1ccc(CN2CCC[C@H](CN)C2)c(C)c1. The van der Waals surface area contributed by atoms with Gasteiger partial charge in [-0.15, -0.1) is 0 Å². The van der Waals surface area contributed by atoms with Gasteiger partial charge < -0.3 is 5.73 Å². The van der Waals surface area contributed by atoms with Gasteiger partial charge in [0.15, 0.2) is 0 Å². The summed E-state index contributed by atoms with van der Waals surface area (Å²) in [6, 6.07) is 6.77. The van der Waals surface area contributed by atoms with Crippen LogP contribution in [0.4, 0.5) is 0 Å². The summed E-state index contributed by atoms with van der Waals surface area (Å²) >= 11 is 0. The van der Waals surface area contributed by atoms with Crippen LogP contribution >= 0.6 is 0 Å². The van der Waals surface area contributed by atoms with E-state index in [0.29, 0.717) is 5.92 Å². The smallest absolute Gasteiger partial charge is 0.0236 e. The third-order valence-corrected chi connectivity index (χ3v) is 3.83. The molecule has 1 saturated heterocycles. The Morgan fingerprint density at radius 2 is 2.18 bits per heavy atom. The molecule has 2 rings (SSSR count). The van der Waals surface area contributed by atoms with Crippen molar-refractivity contribution in [1.29, 1.82) is 0 Å². The van der Waals surface area contributed by atoms with Crippen molar-refractivity contribution in [2.75, 3.05) is 19.6 Å². The quantitative estimate of drug-likeness (QED) is 0.867. The van der Waals surface area contributed by atoms with Crippen molar-refractivity contribution >= 4 is 0 Å². The fourth-order valence-electron chi connectivity index (χ4n) is 2.75. The number of rotatable bonds is 3. The molecular formula is C15H24N2. The Morgan fingerprint density at radius 1 is 1.35 bits per heavy atom. The maximum Gasteiger partial charge on any atom is 0.0236 e. The average Bonchev–Trinajstić information content (AvgIpc) is 2.33. The molecular weight excluding hydrogens is 208 g/mol. The summed E-state index contributed by atoms with van der Waals surface area (Å²) in [4.78, 5) is 2.55. The molecule has 2 heteroatoms. The molecule has 2 N–H and O–H groups in total. The van der Waals surface area contributed by atoms with E-state index in [1.807, 2.05) is 0 Å². The summed E-state index contributed by atoms with van der Waals surface area (Å²) in [7, 11) is 0. The monoisotopic (exact) mass is 232 g/mol. The second-order valence-corrected chi connectivity index (χ2v) is 5.41. The Bertz CT molecular complexity index is 373. The minimum Gasteiger partial charge on any atom is -0.330 e. The van der Waals surface area contributed by atoms with Crippen molar-refractivity contribution in [3.8, 4) is 0 Å². The van der Waals surface area contributed by atoms with E-state index in [0.717, 1.165) is 13.1 Å². The van der Waals surface area contributed by atoms with Gasteiger partial charge in [-0.25, -0.2) is 0 Å². The highest BCUT2D eigenvalue weighted by molar-refractivity contribution is 5.30. The van der Waals surface area contributed by atoms with Crippen LogP contribution < -0.4 is 5.73 Å². The predicted molar refractivity (Wildman–Crippen MR) is 73.0 cm³/mol. The predicted octanol–water partition coefficient (Wildman–Crippen LogP) is 2.47. The zero-order valence-corrected chi connectivity index (χ0v) is 11.1. The molecule has 1 atom stereocenters. The Kier molecular flexibility index (Phi) is 4.19. The normalized spacial score (nSPS) is 21.7. The zero-order chi connectivity index (χ0) is 12.3. The highest BCUT2D eigenvalue weighted by atomic mass is 15.1. The standard InChI is InChI=1S/C15H24N2/c1-12-5-6-15(13(2)8-12)11-17-7-3-4-14(9-16)10-17/h5-6,8,14H,3-4,7,9-11,16H2,1-2H3/t14-/m1/s1. The molecule has 0 aliphatic carbocycles. The molecule has 2 nitrogen and oxygen atoms in total. The Morgan fingerprint density at radius 3 is 2.88 bits per heavy atom. The summed E-state index contributed by atoms with van der Waals surface area (Å²) in [6.45, 7) is 8.69. The third-order valence-electron chi connectivity index (χ3n) is 3.83. The van der Waals surface area contributed by atoms with Gasteiger partial charge >= 0.3 is 0 Å². The number of hydrogen-bond acceptors (Lipinski definition) is 2. The first-order valence-electron chi connectivity index (χ1n) is 6.67. The molecule has 0 radical (unpaired) electrons. The highest BCUT2D eigenvalue weighted by Crippen LogP contribution is 2.19. The van der Waals surface area contributed by atoms with Crippen LogP contribution in [0.1, 0.15) is 29.5 Å². The van der Waals surface area contributed by atoms with E-state index in [1.165, 1.54) is 42.6 Å². The van der Waals surface area contributed by atoms with E-state index in [-0.39, 0.29) is 0 Å². The molecule has 1 aliphatic heterocycles. The summed E-state index contributed by atoms with van der Waals surface area (Å²) in [5.41, 5.74) is 10.0. The van der Waals surface area contributed by atoms with E-state index >= 15 is 0 Å². The lowest BCUT2D eigenvalue weighted by molar-refractivity contribution is 0.171. The van der Waals surface area contributed by atoms with E-state index in [4.69, 9.17) is 5.73 Å². The van der Waals surface area contributed by atoms with Crippen LogP contribution in [0.25, 0.3) is 0 Å². The van der Waals surface area contributed by atoms with E-state index in [9.17, 15) is 0 Å². The zero-order valence-electron chi connectivity index (χ0n) is 11.1. The van der Waals surface area contributed by atoms with E-state index in [2.05, 4.69) is 36.9 Å². The summed E-state index contributed by atoms with van der Waals surface area (Å²) < 4.78 is 0. The fourth-order valence-corrected chi connectivity index (χ4v) is 2.75. The first kappa shape index (κ1) is 12.6. The third kappa shape index (κ3) is 3.30. The first-order valence-corrected chi connectivity index (χ1v) is 6.67. The lowest BCUT2D eigenvalue weighted by Crippen LogP contribution is -2.37. The van der Waals surface area contributed by atoms with Gasteiger partial charge in [0.2, 0.25) is 0 Å². The van der Waals surface area contributed by atoms with Gasteiger partial charge in [0.1, 0.15) is 0 Å². The lowest BCUT2D eigenvalue weighted by atomic mass is 9.97. The van der Waals surface area contributed by atoms with Crippen molar-refractivity contribution in [1.82, 2.24) is 4.90 Å². The average molecular weight is 232 g/mol. The van der Waals surface area contributed by atoms with Crippen molar-refractivity contribution in [2.45, 2.75) is 33.2 Å². The highest BCUT2D eigenvalue weighted by Gasteiger charge is 2.18. The van der Waals surface area contributed by atoms with E-state index in [1.54, 1.807) is 0 Å². The molecule has 0 aromatic heterocycles. The number of nitrogens with zero attached hydrogens (tertiary/aromatic N) is 1. The summed E-state index contributed by atoms with van der Waals surface area (Å²) in [5, 5.41) is 0. The topological polar surface area (TPSA) is 29.3 Å². The van der Waals surface area contributed by atoms with Crippen molar-refractivity contribution in [3.63, 3.8) is 0 Å². The molecule has 1 aromatic rings. The Hall–Kier alpha value is -0.860. The second-order valence-electron chi connectivity index (χ2n) is 5.41. The fraction of sp³-hybridized carbons (Fsp3) is 0.600. The van der Waals surface area contributed by atoms with Gasteiger partial charge in [-0.2, -0.15) is 0 Å². The number of nitrogens with two attached hydrogens (primary N) is 1. The lowest BCUT2D eigenvalue weighted by Gasteiger charge is -2.32. The first-order chi connectivity index (χ1) is 8.19. The number of benzene rings is 1.